The maximum Gasteiger partial charge on any atom is 0.227 e. The molecule has 2 aliphatic rings. The van der Waals surface area contributed by atoms with Gasteiger partial charge in [0.2, 0.25) is 11.9 Å². The van der Waals surface area contributed by atoms with Gasteiger partial charge in [-0.15, -0.1) is 0 Å². The molecule has 0 unspecified atom stereocenters. The van der Waals surface area contributed by atoms with Gasteiger partial charge in [-0.1, -0.05) is 29.3 Å². The number of anilines is 2. The molecule has 2 N–H and O–H groups in total. The number of ether oxygens (including phenoxy) is 1. The molecule has 1 aromatic carbocycles. The lowest BCUT2D eigenvalue weighted by Crippen LogP contribution is -2.51. The molecule has 2 saturated heterocycles. The summed E-state index contributed by atoms with van der Waals surface area (Å²) >= 11 is 12.4. The largest absolute Gasteiger partial charge is 0.491 e. The summed E-state index contributed by atoms with van der Waals surface area (Å²) in [5.41, 5.74) is 0.909. The Labute approximate surface area is 198 Å². The lowest BCUT2D eigenvalue weighted by atomic mass is 10.1. The number of carbonyl (C=O) groups is 1. The highest BCUT2D eigenvalue weighted by Gasteiger charge is 2.30. The van der Waals surface area contributed by atoms with Crippen molar-refractivity contribution in [2.45, 2.75) is 19.4 Å². The number of nitrogens with zero attached hydrogens (tertiary/aromatic N) is 4. The number of benzene rings is 1. The van der Waals surface area contributed by atoms with Crippen molar-refractivity contribution in [1.29, 1.82) is 0 Å². The van der Waals surface area contributed by atoms with Gasteiger partial charge >= 0.3 is 0 Å². The van der Waals surface area contributed by atoms with Crippen LogP contribution in [0.3, 0.4) is 0 Å². The second-order valence-corrected chi connectivity index (χ2v) is 8.96. The lowest BCUT2D eigenvalue weighted by Gasteiger charge is -2.36. The zero-order valence-corrected chi connectivity index (χ0v) is 19.8. The Morgan fingerprint density at radius 2 is 2.06 bits per heavy atom. The molecule has 4 rings (SSSR count). The number of methoxy groups -OCH3 is 1. The molecule has 2 aromatic rings. The summed E-state index contributed by atoms with van der Waals surface area (Å²) in [6, 6.07) is 5.31. The normalized spacial score (nSPS) is 19.7. The Morgan fingerprint density at radius 1 is 1.28 bits per heavy atom. The molecule has 1 amide bonds. The maximum atomic E-state index is 12.7. The van der Waals surface area contributed by atoms with Crippen LogP contribution in [-0.4, -0.2) is 67.2 Å². The van der Waals surface area contributed by atoms with Crippen LogP contribution in [0.25, 0.3) is 0 Å². The number of hydrogen-bond acceptors (Lipinski definition) is 7. The molecule has 172 valence electrons. The Morgan fingerprint density at radius 3 is 2.72 bits per heavy atom. The molecular formula is C22H28Cl2N6O2. The van der Waals surface area contributed by atoms with Gasteiger partial charge in [0.1, 0.15) is 0 Å². The molecule has 1 aromatic heterocycles. The fraction of sp³-hybridized carbons (Fsp3) is 0.500. The first kappa shape index (κ1) is 22.9. The van der Waals surface area contributed by atoms with E-state index in [0.717, 1.165) is 25.1 Å². The van der Waals surface area contributed by atoms with Crippen LogP contribution in [0.5, 0.6) is 5.75 Å². The van der Waals surface area contributed by atoms with E-state index in [2.05, 4.69) is 20.5 Å². The van der Waals surface area contributed by atoms with Gasteiger partial charge < -0.3 is 25.2 Å². The van der Waals surface area contributed by atoms with Gasteiger partial charge in [-0.25, -0.2) is 4.98 Å². The van der Waals surface area contributed by atoms with Crippen molar-refractivity contribution in [2.24, 2.45) is 5.92 Å². The molecular weight excluding hydrogens is 451 g/mol. The van der Waals surface area contributed by atoms with E-state index in [1.807, 2.05) is 24.0 Å². The van der Waals surface area contributed by atoms with Crippen molar-refractivity contribution >= 4 is 40.9 Å². The number of aromatic nitrogens is 2. The van der Waals surface area contributed by atoms with Crippen molar-refractivity contribution in [3.63, 3.8) is 0 Å². The van der Waals surface area contributed by atoms with E-state index >= 15 is 0 Å². The molecule has 0 spiro atoms. The second kappa shape index (κ2) is 10.1. The average Bonchev–Trinajstić information content (AvgIpc) is 3.33. The zero-order chi connectivity index (χ0) is 22.7. The van der Waals surface area contributed by atoms with Crippen molar-refractivity contribution < 1.29 is 9.53 Å². The molecule has 2 aliphatic heterocycles. The number of hydrogen-bond donors (Lipinski definition) is 2. The van der Waals surface area contributed by atoms with E-state index in [-0.39, 0.29) is 17.9 Å². The minimum atomic E-state index is -0.120. The molecule has 3 heterocycles. The molecule has 0 bridgehead atoms. The van der Waals surface area contributed by atoms with E-state index in [4.69, 9.17) is 32.9 Å². The highest BCUT2D eigenvalue weighted by Crippen LogP contribution is 2.31. The smallest absolute Gasteiger partial charge is 0.227 e. The van der Waals surface area contributed by atoms with Crippen LogP contribution >= 0.6 is 23.2 Å². The van der Waals surface area contributed by atoms with Gasteiger partial charge in [-0.2, -0.15) is 4.98 Å². The minimum Gasteiger partial charge on any atom is -0.491 e. The highest BCUT2D eigenvalue weighted by atomic mass is 35.5. The van der Waals surface area contributed by atoms with Gasteiger partial charge in [0, 0.05) is 42.8 Å². The van der Waals surface area contributed by atoms with Gasteiger partial charge in [0.15, 0.2) is 11.6 Å². The molecule has 2 atom stereocenters. The summed E-state index contributed by atoms with van der Waals surface area (Å²) in [4.78, 5) is 25.9. The first-order valence-electron chi connectivity index (χ1n) is 10.8. The van der Waals surface area contributed by atoms with Crippen molar-refractivity contribution in [2.75, 3.05) is 56.6 Å². The van der Waals surface area contributed by atoms with E-state index in [9.17, 15) is 4.79 Å². The first-order valence-corrected chi connectivity index (χ1v) is 11.6. The van der Waals surface area contributed by atoms with Gasteiger partial charge in [-0.05, 0) is 37.6 Å². The molecule has 0 radical (unpaired) electrons. The number of rotatable bonds is 6. The van der Waals surface area contributed by atoms with E-state index in [0.29, 0.717) is 53.7 Å². The summed E-state index contributed by atoms with van der Waals surface area (Å²) in [6.45, 7) is 6.43. The predicted octanol–water partition coefficient (Wildman–Crippen LogP) is 3.22. The molecule has 0 aliphatic carbocycles. The van der Waals surface area contributed by atoms with Gasteiger partial charge in [0.25, 0.3) is 0 Å². The summed E-state index contributed by atoms with van der Waals surface area (Å²) in [7, 11) is 1.59. The molecule has 32 heavy (non-hydrogen) atoms. The molecule has 8 nitrogen and oxygen atoms in total. The van der Waals surface area contributed by atoms with Crippen LogP contribution in [0.4, 0.5) is 11.8 Å². The summed E-state index contributed by atoms with van der Waals surface area (Å²) in [6.07, 6.45) is 2.59. The zero-order valence-electron chi connectivity index (χ0n) is 18.3. The number of amides is 1. The number of piperazine rings is 1. The van der Waals surface area contributed by atoms with Crippen LogP contribution in [-0.2, 0) is 4.79 Å². The summed E-state index contributed by atoms with van der Waals surface area (Å²) < 4.78 is 5.46. The SMILES string of the molecule is COc1cnc(N2CCN(C(=O)[C@H]3CCNC3)CC2)nc1N[C@H](C)c1ccc(Cl)cc1Cl. The maximum absolute atomic E-state index is 12.7. The van der Waals surface area contributed by atoms with Gasteiger partial charge in [0.05, 0.1) is 25.3 Å². The Hall–Kier alpha value is -2.29. The summed E-state index contributed by atoms with van der Waals surface area (Å²) in [5, 5.41) is 7.83. The lowest BCUT2D eigenvalue weighted by molar-refractivity contribution is -0.135. The number of nitrogens with one attached hydrogen (secondary N) is 2. The first-order chi connectivity index (χ1) is 15.5. The topological polar surface area (TPSA) is 82.6 Å². The molecule has 0 saturated carbocycles. The van der Waals surface area contributed by atoms with E-state index < -0.39 is 0 Å². The second-order valence-electron chi connectivity index (χ2n) is 8.12. The van der Waals surface area contributed by atoms with Crippen LogP contribution in [0.15, 0.2) is 24.4 Å². The average molecular weight is 479 g/mol. The Bertz CT molecular complexity index is 961. The number of halogens is 2. The van der Waals surface area contributed by atoms with Crippen LogP contribution < -0.4 is 20.3 Å². The van der Waals surface area contributed by atoms with Crippen molar-refractivity contribution in [3.05, 3.63) is 40.0 Å². The number of carbonyl (C=O) groups excluding carboxylic acids is 1. The third kappa shape index (κ3) is 5.03. The summed E-state index contributed by atoms with van der Waals surface area (Å²) in [5.74, 6) is 2.11. The standard InChI is InChI=1S/C22H28Cl2N6O2/c1-14(17-4-3-16(23)11-18(17)24)27-20-19(32-2)13-26-22(28-20)30-9-7-29(8-10-30)21(31)15-5-6-25-12-15/h3-4,11,13-15,25H,5-10,12H2,1-2H3,(H,26,27,28)/t14-,15+/m1/s1. The fourth-order valence-corrected chi connectivity index (χ4v) is 4.72. The van der Waals surface area contributed by atoms with Crippen LogP contribution in [0.2, 0.25) is 10.0 Å². The van der Waals surface area contributed by atoms with Crippen LogP contribution in [0, 0.1) is 5.92 Å². The fourth-order valence-electron chi connectivity index (χ4n) is 4.15. The predicted molar refractivity (Wildman–Crippen MR) is 127 cm³/mol. The van der Waals surface area contributed by atoms with E-state index in [1.54, 1.807) is 19.4 Å². The van der Waals surface area contributed by atoms with Crippen molar-refractivity contribution in [3.8, 4) is 5.75 Å². The van der Waals surface area contributed by atoms with E-state index in [1.165, 1.54) is 0 Å². The van der Waals surface area contributed by atoms with Crippen LogP contribution in [0.1, 0.15) is 24.9 Å². The molecule has 10 heteroatoms. The monoisotopic (exact) mass is 478 g/mol. The third-order valence-electron chi connectivity index (χ3n) is 6.03. The highest BCUT2D eigenvalue weighted by molar-refractivity contribution is 6.35. The Balaban J connectivity index is 1.44. The quantitative estimate of drug-likeness (QED) is 0.659. The van der Waals surface area contributed by atoms with Gasteiger partial charge in [-0.3, -0.25) is 4.79 Å². The third-order valence-corrected chi connectivity index (χ3v) is 6.59. The Kier molecular flexibility index (Phi) is 7.23. The van der Waals surface area contributed by atoms with Crippen molar-refractivity contribution in [1.82, 2.24) is 20.2 Å². The minimum absolute atomic E-state index is 0.107. The molecule has 2 fully saturated rings.